The van der Waals surface area contributed by atoms with Crippen LogP contribution >= 0.6 is 11.6 Å². The lowest BCUT2D eigenvalue weighted by molar-refractivity contribution is 0.102. The molecule has 0 saturated carbocycles. The lowest BCUT2D eigenvalue weighted by Gasteiger charge is -2.07. The fourth-order valence-electron chi connectivity index (χ4n) is 1.30. The van der Waals surface area contributed by atoms with Crippen molar-refractivity contribution in [2.75, 3.05) is 10.7 Å². The van der Waals surface area contributed by atoms with Crippen molar-refractivity contribution in [1.82, 2.24) is 9.97 Å². The summed E-state index contributed by atoms with van der Waals surface area (Å²) >= 11 is 5.83. The molecule has 0 aliphatic carbocycles. The van der Waals surface area contributed by atoms with Gasteiger partial charge in [-0.15, -0.1) is 0 Å². The number of amides is 1. The Hall–Kier alpha value is -2.25. The van der Waals surface area contributed by atoms with E-state index in [1.54, 1.807) is 0 Å². The molecule has 4 N–H and O–H groups in total. The molecule has 0 atom stereocenters. The summed E-state index contributed by atoms with van der Waals surface area (Å²) in [6.07, 6.45) is 2.53. The number of hydrogen-bond donors (Lipinski definition) is 3. The third kappa shape index (κ3) is 3.15. The van der Waals surface area contributed by atoms with E-state index in [0.29, 0.717) is 5.82 Å². The average molecular weight is 282 g/mol. The summed E-state index contributed by atoms with van der Waals surface area (Å²) in [4.78, 5) is 19.5. The van der Waals surface area contributed by atoms with Crippen molar-refractivity contribution in [3.8, 4) is 0 Å². The number of nitrogens with one attached hydrogen (secondary N) is 2. The number of aromatic nitrogens is 2. The maximum atomic E-state index is 13.0. The standard InChI is InChI=1S/C11H9ClFN5O/c12-7-2-1-6(13)3-8(7)17-11(19)9-4-16-10(18-14)5-15-9/h1-5H,14H2,(H,16,18)(H,17,19). The van der Waals surface area contributed by atoms with Crippen LogP contribution in [-0.2, 0) is 0 Å². The van der Waals surface area contributed by atoms with Crippen LogP contribution < -0.4 is 16.6 Å². The Morgan fingerprint density at radius 3 is 2.74 bits per heavy atom. The Morgan fingerprint density at radius 2 is 2.11 bits per heavy atom. The molecular weight excluding hydrogens is 273 g/mol. The number of halogens is 2. The summed E-state index contributed by atoms with van der Waals surface area (Å²) in [5, 5.41) is 2.66. The largest absolute Gasteiger partial charge is 0.319 e. The van der Waals surface area contributed by atoms with Crippen LogP contribution in [0.2, 0.25) is 5.02 Å². The highest BCUT2D eigenvalue weighted by atomic mass is 35.5. The maximum Gasteiger partial charge on any atom is 0.275 e. The van der Waals surface area contributed by atoms with E-state index in [2.05, 4.69) is 20.7 Å². The zero-order valence-corrected chi connectivity index (χ0v) is 10.3. The molecule has 8 heteroatoms. The monoisotopic (exact) mass is 281 g/mol. The molecule has 1 aromatic heterocycles. The Bertz CT molecular complexity index is 605. The van der Waals surface area contributed by atoms with Gasteiger partial charge in [-0.25, -0.2) is 20.2 Å². The van der Waals surface area contributed by atoms with Crippen LogP contribution in [-0.4, -0.2) is 15.9 Å². The van der Waals surface area contributed by atoms with Gasteiger partial charge in [-0.2, -0.15) is 0 Å². The van der Waals surface area contributed by atoms with E-state index in [1.165, 1.54) is 24.5 Å². The molecule has 6 nitrogen and oxygen atoms in total. The van der Waals surface area contributed by atoms with E-state index < -0.39 is 11.7 Å². The minimum atomic E-state index is -0.552. The van der Waals surface area contributed by atoms with Crippen molar-refractivity contribution in [2.24, 2.45) is 5.84 Å². The molecule has 0 fully saturated rings. The Kier molecular flexibility index (Phi) is 3.88. The van der Waals surface area contributed by atoms with E-state index in [4.69, 9.17) is 17.4 Å². The number of hydrogen-bond acceptors (Lipinski definition) is 5. The minimum Gasteiger partial charge on any atom is -0.319 e. The number of carbonyl (C=O) groups excluding carboxylic acids is 1. The summed E-state index contributed by atoms with van der Waals surface area (Å²) in [6, 6.07) is 3.66. The van der Waals surface area contributed by atoms with Crippen LogP contribution in [0, 0.1) is 5.82 Å². The van der Waals surface area contributed by atoms with E-state index in [0.717, 1.165) is 6.07 Å². The first-order valence-electron chi connectivity index (χ1n) is 5.15. The predicted octanol–water partition coefficient (Wildman–Crippen LogP) is 1.81. The van der Waals surface area contributed by atoms with Gasteiger partial charge in [0.2, 0.25) is 0 Å². The normalized spacial score (nSPS) is 10.1. The number of anilines is 2. The van der Waals surface area contributed by atoms with Crippen LogP contribution in [0.4, 0.5) is 15.9 Å². The second-order valence-electron chi connectivity index (χ2n) is 3.51. The number of nitrogens with zero attached hydrogens (tertiary/aromatic N) is 2. The second kappa shape index (κ2) is 5.59. The van der Waals surface area contributed by atoms with E-state index in [-0.39, 0.29) is 16.4 Å². The Balaban J connectivity index is 2.18. The summed E-state index contributed by atoms with van der Waals surface area (Å²) < 4.78 is 13.0. The predicted molar refractivity (Wildman–Crippen MR) is 69.2 cm³/mol. The van der Waals surface area contributed by atoms with Gasteiger partial charge in [0.05, 0.1) is 23.1 Å². The van der Waals surface area contributed by atoms with Crippen LogP contribution in [0.15, 0.2) is 30.6 Å². The number of benzene rings is 1. The molecule has 0 unspecified atom stereocenters. The average Bonchev–Trinajstić information content (AvgIpc) is 2.43. The molecule has 0 spiro atoms. The lowest BCUT2D eigenvalue weighted by Crippen LogP contribution is -2.16. The number of hydrazine groups is 1. The van der Waals surface area contributed by atoms with Gasteiger partial charge in [0.25, 0.3) is 5.91 Å². The van der Waals surface area contributed by atoms with E-state index in [1.807, 2.05) is 0 Å². The first-order valence-corrected chi connectivity index (χ1v) is 5.53. The lowest BCUT2D eigenvalue weighted by atomic mass is 10.3. The topological polar surface area (TPSA) is 92.9 Å². The molecule has 0 saturated heterocycles. The molecule has 2 rings (SSSR count). The summed E-state index contributed by atoms with van der Waals surface area (Å²) in [5.41, 5.74) is 2.50. The quantitative estimate of drug-likeness (QED) is 0.589. The van der Waals surface area contributed by atoms with Crippen molar-refractivity contribution in [1.29, 1.82) is 0 Å². The van der Waals surface area contributed by atoms with Gasteiger partial charge in [-0.3, -0.25) is 4.79 Å². The van der Waals surface area contributed by atoms with Gasteiger partial charge in [0.1, 0.15) is 11.5 Å². The van der Waals surface area contributed by atoms with Crippen LogP contribution in [0.3, 0.4) is 0 Å². The highest BCUT2D eigenvalue weighted by molar-refractivity contribution is 6.33. The number of carbonyl (C=O) groups is 1. The van der Waals surface area contributed by atoms with Gasteiger partial charge in [0, 0.05) is 0 Å². The maximum absolute atomic E-state index is 13.0. The van der Waals surface area contributed by atoms with Gasteiger partial charge in [-0.1, -0.05) is 11.6 Å². The third-order valence-electron chi connectivity index (χ3n) is 2.21. The molecular formula is C11H9ClFN5O. The van der Waals surface area contributed by atoms with E-state index in [9.17, 15) is 9.18 Å². The molecule has 1 aromatic carbocycles. The summed E-state index contributed by atoms with van der Waals surface area (Å²) in [6.45, 7) is 0. The first kappa shape index (κ1) is 13.2. The van der Waals surface area contributed by atoms with Crippen molar-refractivity contribution in [2.45, 2.75) is 0 Å². The molecule has 2 aromatic rings. The molecule has 0 radical (unpaired) electrons. The van der Waals surface area contributed by atoms with Crippen LogP contribution in [0.25, 0.3) is 0 Å². The molecule has 0 aliphatic heterocycles. The molecule has 1 amide bonds. The van der Waals surface area contributed by atoms with Crippen molar-refractivity contribution < 1.29 is 9.18 Å². The molecule has 0 aliphatic rings. The minimum absolute atomic E-state index is 0.0549. The smallest absolute Gasteiger partial charge is 0.275 e. The zero-order chi connectivity index (χ0) is 13.8. The molecule has 0 bridgehead atoms. The fourth-order valence-corrected chi connectivity index (χ4v) is 1.46. The number of rotatable bonds is 3. The summed E-state index contributed by atoms with van der Waals surface area (Å²) in [5.74, 6) is 4.39. The number of nitrogen functional groups attached to an aromatic ring is 1. The Labute approximate surface area is 112 Å². The first-order chi connectivity index (χ1) is 9.10. The van der Waals surface area contributed by atoms with Crippen LogP contribution in [0.1, 0.15) is 10.5 Å². The fraction of sp³-hybridized carbons (Fsp3) is 0. The zero-order valence-electron chi connectivity index (χ0n) is 9.52. The van der Waals surface area contributed by atoms with Gasteiger partial charge >= 0.3 is 0 Å². The highest BCUT2D eigenvalue weighted by Gasteiger charge is 2.11. The second-order valence-corrected chi connectivity index (χ2v) is 3.92. The van der Waals surface area contributed by atoms with Crippen LogP contribution in [0.5, 0.6) is 0 Å². The van der Waals surface area contributed by atoms with Crippen molar-refractivity contribution in [3.63, 3.8) is 0 Å². The van der Waals surface area contributed by atoms with Gasteiger partial charge < -0.3 is 10.7 Å². The molecule has 19 heavy (non-hydrogen) atoms. The molecule has 1 heterocycles. The summed E-state index contributed by atoms with van der Waals surface area (Å²) in [7, 11) is 0. The highest BCUT2D eigenvalue weighted by Crippen LogP contribution is 2.22. The van der Waals surface area contributed by atoms with Gasteiger partial charge in [0.15, 0.2) is 5.82 Å². The SMILES string of the molecule is NNc1cnc(C(=O)Nc2cc(F)ccc2Cl)cn1. The van der Waals surface area contributed by atoms with Crippen molar-refractivity contribution >= 4 is 29.0 Å². The van der Waals surface area contributed by atoms with Gasteiger partial charge in [-0.05, 0) is 18.2 Å². The Morgan fingerprint density at radius 1 is 1.32 bits per heavy atom. The van der Waals surface area contributed by atoms with E-state index >= 15 is 0 Å². The molecule has 98 valence electrons. The number of nitrogens with two attached hydrogens (primary N) is 1. The van der Waals surface area contributed by atoms with Crippen molar-refractivity contribution in [3.05, 3.63) is 47.1 Å². The third-order valence-corrected chi connectivity index (χ3v) is 2.54.